The third kappa shape index (κ3) is 2.59. The number of amides is 1. The summed E-state index contributed by atoms with van der Waals surface area (Å²) in [5.74, 6) is 0.447. The van der Waals surface area contributed by atoms with Gasteiger partial charge in [0.1, 0.15) is 5.82 Å². The first-order chi connectivity index (χ1) is 11.1. The number of carbonyl (C=O) groups excluding carboxylic acids is 1. The third-order valence-electron chi connectivity index (χ3n) is 4.20. The molecule has 1 amide bonds. The van der Waals surface area contributed by atoms with Crippen molar-refractivity contribution in [2.24, 2.45) is 0 Å². The SMILES string of the molecule is Cc1cc(C2CC2)c2[nH]nc(NC(=O)c3ccc(F)cc3)c2c1. The van der Waals surface area contributed by atoms with Gasteiger partial charge in [-0.1, -0.05) is 6.07 Å². The lowest BCUT2D eigenvalue weighted by molar-refractivity contribution is 0.102. The molecule has 4 nitrogen and oxygen atoms in total. The maximum Gasteiger partial charge on any atom is 0.256 e. The minimum absolute atomic E-state index is 0.298. The van der Waals surface area contributed by atoms with E-state index in [1.165, 1.54) is 42.7 Å². The van der Waals surface area contributed by atoms with Gasteiger partial charge in [-0.25, -0.2) is 4.39 Å². The second-order valence-corrected chi connectivity index (χ2v) is 6.08. The number of benzene rings is 2. The maximum absolute atomic E-state index is 13.0. The maximum atomic E-state index is 13.0. The Kier molecular flexibility index (Phi) is 3.15. The number of fused-ring (bicyclic) bond motifs is 1. The van der Waals surface area contributed by atoms with Crippen molar-refractivity contribution in [3.05, 3.63) is 58.9 Å². The van der Waals surface area contributed by atoms with E-state index in [1.807, 2.05) is 13.0 Å². The molecule has 0 aliphatic heterocycles. The molecule has 0 spiro atoms. The number of hydrogen-bond donors (Lipinski definition) is 2. The molecule has 116 valence electrons. The van der Waals surface area contributed by atoms with Crippen molar-refractivity contribution in [1.29, 1.82) is 0 Å². The Labute approximate surface area is 132 Å². The van der Waals surface area contributed by atoms with Crippen molar-refractivity contribution >= 4 is 22.6 Å². The van der Waals surface area contributed by atoms with E-state index in [0.717, 1.165) is 16.5 Å². The minimum atomic E-state index is -0.364. The van der Waals surface area contributed by atoms with Crippen LogP contribution in [0.4, 0.5) is 10.2 Å². The third-order valence-corrected chi connectivity index (χ3v) is 4.20. The Balaban J connectivity index is 1.69. The van der Waals surface area contributed by atoms with Crippen molar-refractivity contribution in [2.45, 2.75) is 25.7 Å². The van der Waals surface area contributed by atoms with E-state index in [4.69, 9.17) is 0 Å². The standard InChI is InChI=1S/C18H16FN3O/c1-10-8-14(11-2-3-11)16-15(9-10)17(22-21-16)20-18(23)12-4-6-13(19)7-5-12/h4-9,11H,2-3H2,1H3,(H2,20,21,22,23). The van der Waals surface area contributed by atoms with Gasteiger partial charge >= 0.3 is 0 Å². The van der Waals surface area contributed by atoms with Gasteiger partial charge in [0.25, 0.3) is 5.91 Å². The Bertz CT molecular complexity index is 895. The number of rotatable bonds is 3. The van der Waals surface area contributed by atoms with Crippen LogP contribution in [0.1, 0.15) is 40.2 Å². The van der Waals surface area contributed by atoms with Crippen LogP contribution >= 0.6 is 0 Å². The van der Waals surface area contributed by atoms with E-state index in [1.54, 1.807) is 0 Å². The van der Waals surface area contributed by atoms with Crippen LogP contribution in [0.15, 0.2) is 36.4 Å². The predicted octanol–water partition coefficient (Wildman–Crippen LogP) is 4.14. The fourth-order valence-corrected chi connectivity index (χ4v) is 2.89. The normalized spacial score (nSPS) is 14.2. The molecule has 5 heteroatoms. The van der Waals surface area contributed by atoms with Gasteiger partial charge < -0.3 is 5.32 Å². The van der Waals surface area contributed by atoms with Crippen LogP contribution in [0.25, 0.3) is 10.9 Å². The first kappa shape index (κ1) is 13.9. The van der Waals surface area contributed by atoms with Crippen LogP contribution in [0.5, 0.6) is 0 Å². The zero-order chi connectivity index (χ0) is 16.0. The minimum Gasteiger partial charge on any atom is -0.305 e. The molecule has 0 saturated heterocycles. The smallest absolute Gasteiger partial charge is 0.256 e. The number of aromatic amines is 1. The molecule has 1 heterocycles. The molecular formula is C18H16FN3O. The highest BCUT2D eigenvalue weighted by Crippen LogP contribution is 2.43. The van der Waals surface area contributed by atoms with Crippen LogP contribution < -0.4 is 5.32 Å². The number of aryl methyl sites for hydroxylation is 1. The van der Waals surface area contributed by atoms with Crippen LogP contribution in [0.3, 0.4) is 0 Å². The van der Waals surface area contributed by atoms with Crippen molar-refractivity contribution in [3.8, 4) is 0 Å². The fraction of sp³-hybridized carbons (Fsp3) is 0.222. The summed E-state index contributed by atoms with van der Waals surface area (Å²) in [7, 11) is 0. The van der Waals surface area contributed by atoms with Crippen molar-refractivity contribution in [3.63, 3.8) is 0 Å². The van der Waals surface area contributed by atoms with E-state index in [0.29, 0.717) is 17.3 Å². The highest BCUT2D eigenvalue weighted by atomic mass is 19.1. The molecule has 0 unspecified atom stereocenters. The number of nitrogens with zero attached hydrogens (tertiary/aromatic N) is 1. The lowest BCUT2D eigenvalue weighted by atomic mass is 10.0. The molecule has 0 radical (unpaired) electrons. The predicted molar refractivity (Wildman–Crippen MR) is 87.2 cm³/mol. The van der Waals surface area contributed by atoms with Gasteiger partial charge in [0.2, 0.25) is 0 Å². The first-order valence-electron chi connectivity index (χ1n) is 7.67. The Morgan fingerprint density at radius 2 is 2.00 bits per heavy atom. The summed E-state index contributed by atoms with van der Waals surface area (Å²) in [6.45, 7) is 2.05. The summed E-state index contributed by atoms with van der Waals surface area (Å²) in [5, 5.41) is 11.0. The number of hydrogen-bond acceptors (Lipinski definition) is 2. The molecule has 1 fully saturated rings. The van der Waals surface area contributed by atoms with Gasteiger partial charge in [-0.15, -0.1) is 0 Å². The second-order valence-electron chi connectivity index (χ2n) is 6.08. The molecule has 3 aromatic rings. The molecule has 1 aromatic heterocycles. The molecule has 0 bridgehead atoms. The number of nitrogens with one attached hydrogen (secondary N) is 2. The molecule has 1 saturated carbocycles. The van der Waals surface area contributed by atoms with E-state index in [-0.39, 0.29) is 11.7 Å². The molecule has 23 heavy (non-hydrogen) atoms. The molecule has 1 aliphatic rings. The Morgan fingerprint density at radius 1 is 1.26 bits per heavy atom. The van der Waals surface area contributed by atoms with Gasteiger partial charge in [-0.3, -0.25) is 9.89 Å². The lowest BCUT2D eigenvalue weighted by Crippen LogP contribution is -2.12. The number of carbonyl (C=O) groups is 1. The molecule has 2 aromatic carbocycles. The quantitative estimate of drug-likeness (QED) is 0.764. The summed E-state index contributed by atoms with van der Waals surface area (Å²) in [6.07, 6.45) is 2.41. The molecular weight excluding hydrogens is 293 g/mol. The zero-order valence-corrected chi connectivity index (χ0v) is 12.7. The van der Waals surface area contributed by atoms with E-state index < -0.39 is 0 Å². The zero-order valence-electron chi connectivity index (χ0n) is 12.7. The van der Waals surface area contributed by atoms with E-state index >= 15 is 0 Å². The summed E-state index contributed by atoms with van der Waals surface area (Å²) < 4.78 is 13.0. The summed E-state index contributed by atoms with van der Waals surface area (Å²) in [4.78, 5) is 12.3. The number of aromatic nitrogens is 2. The summed E-state index contributed by atoms with van der Waals surface area (Å²) >= 11 is 0. The van der Waals surface area contributed by atoms with Crippen LogP contribution in [-0.4, -0.2) is 16.1 Å². The van der Waals surface area contributed by atoms with Crippen LogP contribution in [-0.2, 0) is 0 Å². The molecule has 0 atom stereocenters. The van der Waals surface area contributed by atoms with Crippen molar-refractivity contribution in [1.82, 2.24) is 10.2 Å². The number of anilines is 1. The first-order valence-corrected chi connectivity index (χ1v) is 7.67. The van der Waals surface area contributed by atoms with Gasteiger partial charge in [-0.2, -0.15) is 5.10 Å². The molecule has 4 rings (SSSR count). The van der Waals surface area contributed by atoms with E-state index in [9.17, 15) is 9.18 Å². The summed E-state index contributed by atoms with van der Waals surface area (Å²) in [5.41, 5.74) is 3.82. The van der Waals surface area contributed by atoms with Gasteiger partial charge in [-0.05, 0) is 67.1 Å². The van der Waals surface area contributed by atoms with Gasteiger partial charge in [0.15, 0.2) is 5.82 Å². The Hall–Kier alpha value is -2.69. The van der Waals surface area contributed by atoms with Crippen molar-refractivity contribution in [2.75, 3.05) is 5.32 Å². The fourth-order valence-electron chi connectivity index (χ4n) is 2.89. The lowest BCUT2D eigenvalue weighted by Gasteiger charge is -2.05. The topological polar surface area (TPSA) is 57.8 Å². The number of halogens is 1. The average molecular weight is 309 g/mol. The van der Waals surface area contributed by atoms with Crippen molar-refractivity contribution < 1.29 is 9.18 Å². The largest absolute Gasteiger partial charge is 0.305 e. The summed E-state index contributed by atoms with van der Waals surface area (Å²) in [6, 6.07) is 9.66. The monoisotopic (exact) mass is 309 g/mol. The van der Waals surface area contributed by atoms with E-state index in [2.05, 4.69) is 21.6 Å². The van der Waals surface area contributed by atoms with Gasteiger partial charge in [0, 0.05) is 10.9 Å². The number of H-pyrrole nitrogens is 1. The average Bonchev–Trinajstić information content (AvgIpc) is 3.30. The highest BCUT2D eigenvalue weighted by Gasteiger charge is 2.27. The molecule has 1 aliphatic carbocycles. The second kappa shape index (κ2) is 5.19. The van der Waals surface area contributed by atoms with Crippen LogP contribution in [0, 0.1) is 12.7 Å². The molecule has 2 N–H and O–H groups in total. The highest BCUT2D eigenvalue weighted by molar-refractivity contribution is 6.08. The van der Waals surface area contributed by atoms with Gasteiger partial charge in [0.05, 0.1) is 5.52 Å². The van der Waals surface area contributed by atoms with Crippen LogP contribution in [0.2, 0.25) is 0 Å². The Morgan fingerprint density at radius 3 is 2.70 bits per heavy atom.